The van der Waals surface area contributed by atoms with Crippen LogP contribution in [0.2, 0.25) is 0 Å². The standard InChI is InChI=1S/C12H11FO2/c13-10-3-1-9(2-4-10)12-6-5-11(15-12)7-8-14/h1-6,14H,7-8H2. The Balaban J connectivity index is 2.25. The Hall–Kier alpha value is -1.61. The van der Waals surface area contributed by atoms with Gasteiger partial charge in [0.15, 0.2) is 0 Å². The van der Waals surface area contributed by atoms with Crippen LogP contribution in [0.1, 0.15) is 5.76 Å². The molecule has 2 rings (SSSR count). The third kappa shape index (κ3) is 2.25. The Bertz CT molecular complexity index is 431. The van der Waals surface area contributed by atoms with Crippen molar-refractivity contribution in [2.75, 3.05) is 6.61 Å². The number of aliphatic hydroxyl groups excluding tert-OH is 1. The largest absolute Gasteiger partial charge is 0.461 e. The van der Waals surface area contributed by atoms with Crippen molar-refractivity contribution in [3.63, 3.8) is 0 Å². The summed E-state index contributed by atoms with van der Waals surface area (Å²) in [5.74, 6) is 1.16. The lowest BCUT2D eigenvalue weighted by Gasteiger charge is -1.96. The van der Waals surface area contributed by atoms with Crippen LogP contribution in [-0.2, 0) is 6.42 Å². The molecular weight excluding hydrogens is 195 g/mol. The topological polar surface area (TPSA) is 33.4 Å². The molecule has 0 amide bonds. The SMILES string of the molecule is OCCc1ccc(-c2ccc(F)cc2)o1. The van der Waals surface area contributed by atoms with Gasteiger partial charge in [0, 0.05) is 12.0 Å². The Labute approximate surface area is 87.0 Å². The molecule has 0 spiro atoms. The van der Waals surface area contributed by atoms with E-state index < -0.39 is 0 Å². The number of aliphatic hydroxyl groups is 1. The van der Waals surface area contributed by atoms with Crippen molar-refractivity contribution in [1.29, 1.82) is 0 Å². The van der Waals surface area contributed by atoms with Gasteiger partial charge in [0.25, 0.3) is 0 Å². The summed E-state index contributed by atoms with van der Waals surface area (Å²) in [5, 5.41) is 8.73. The maximum atomic E-state index is 12.7. The fraction of sp³-hybridized carbons (Fsp3) is 0.167. The van der Waals surface area contributed by atoms with Crippen molar-refractivity contribution in [1.82, 2.24) is 0 Å². The highest BCUT2D eigenvalue weighted by Gasteiger charge is 2.04. The van der Waals surface area contributed by atoms with Crippen LogP contribution in [0.15, 0.2) is 40.8 Å². The molecule has 1 aromatic heterocycles. The minimum absolute atomic E-state index is 0.0658. The molecule has 2 nitrogen and oxygen atoms in total. The summed E-state index contributed by atoms with van der Waals surface area (Å²) in [4.78, 5) is 0. The van der Waals surface area contributed by atoms with E-state index in [1.54, 1.807) is 12.1 Å². The van der Waals surface area contributed by atoms with Gasteiger partial charge in [0.1, 0.15) is 17.3 Å². The van der Waals surface area contributed by atoms with E-state index in [-0.39, 0.29) is 12.4 Å². The Morgan fingerprint density at radius 3 is 2.47 bits per heavy atom. The molecule has 2 aromatic rings. The highest BCUT2D eigenvalue weighted by Crippen LogP contribution is 2.22. The van der Waals surface area contributed by atoms with Gasteiger partial charge < -0.3 is 9.52 Å². The van der Waals surface area contributed by atoms with Crippen molar-refractivity contribution in [3.8, 4) is 11.3 Å². The van der Waals surface area contributed by atoms with E-state index in [1.807, 2.05) is 12.1 Å². The summed E-state index contributed by atoms with van der Waals surface area (Å²) >= 11 is 0. The Morgan fingerprint density at radius 2 is 1.80 bits per heavy atom. The quantitative estimate of drug-likeness (QED) is 0.837. The van der Waals surface area contributed by atoms with E-state index in [0.717, 1.165) is 11.3 Å². The average Bonchev–Trinajstić information content (AvgIpc) is 2.68. The summed E-state index contributed by atoms with van der Waals surface area (Å²) in [5.41, 5.74) is 0.834. The van der Waals surface area contributed by atoms with Crippen LogP contribution < -0.4 is 0 Å². The van der Waals surface area contributed by atoms with Crippen LogP contribution in [-0.4, -0.2) is 11.7 Å². The molecular formula is C12H11FO2. The molecule has 1 aromatic carbocycles. The molecule has 0 bridgehead atoms. The number of hydrogen-bond donors (Lipinski definition) is 1. The number of hydrogen-bond acceptors (Lipinski definition) is 2. The molecule has 3 heteroatoms. The van der Waals surface area contributed by atoms with Crippen molar-refractivity contribution < 1.29 is 13.9 Å². The number of halogens is 1. The van der Waals surface area contributed by atoms with Gasteiger partial charge in [-0.2, -0.15) is 0 Å². The first-order valence-electron chi connectivity index (χ1n) is 4.75. The fourth-order valence-corrected chi connectivity index (χ4v) is 1.39. The van der Waals surface area contributed by atoms with E-state index in [2.05, 4.69) is 0 Å². The van der Waals surface area contributed by atoms with E-state index in [1.165, 1.54) is 12.1 Å². The van der Waals surface area contributed by atoms with Gasteiger partial charge in [0.2, 0.25) is 0 Å². The van der Waals surface area contributed by atoms with Gasteiger partial charge in [-0.05, 0) is 36.4 Å². The predicted molar refractivity (Wildman–Crippen MR) is 54.9 cm³/mol. The second kappa shape index (κ2) is 4.28. The van der Waals surface area contributed by atoms with E-state index in [4.69, 9.17) is 9.52 Å². The second-order valence-electron chi connectivity index (χ2n) is 3.25. The molecule has 0 radical (unpaired) electrons. The summed E-state index contributed by atoms with van der Waals surface area (Å²) in [6.07, 6.45) is 0.501. The monoisotopic (exact) mass is 206 g/mol. The molecule has 0 saturated carbocycles. The highest BCUT2D eigenvalue weighted by molar-refractivity contribution is 5.57. The molecule has 0 aliphatic rings. The van der Waals surface area contributed by atoms with Crippen LogP contribution in [0.4, 0.5) is 4.39 Å². The molecule has 78 valence electrons. The fourth-order valence-electron chi connectivity index (χ4n) is 1.39. The molecule has 0 atom stereocenters. The minimum atomic E-state index is -0.263. The molecule has 0 aliphatic carbocycles. The lowest BCUT2D eigenvalue weighted by molar-refractivity contribution is 0.288. The minimum Gasteiger partial charge on any atom is -0.461 e. The molecule has 0 unspecified atom stereocenters. The Morgan fingerprint density at radius 1 is 1.07 bits per heavy atom. The Kier molecular flexibility index (Phi) is 2.83. The van der Waals surface area contributed by atoms with Crippen molar-refractivity contribution >= 4 is 0 Å². The molecule has 0 fully saturated rings. The van der Waals surface area contributed by atoms with E-state index in [9.17, 15) is 4.39 Å². The third-order valence-corrected chi connectivity index (χ3v) is 2.15. The highest BCUT2D eigenvalue weighted by atomic mass is 19.1. The van der Waals surface area contributed by atoms with Gasteiger partial charge in [-0.1, -0.05) is 0 Å². The smallest absolute Gasteiger partial charge is 0.134 e. The second-order valence-corrected chi connectivity index (χ2v) is 3.25. The van der Waals surface area contributed by atoms with E-state index >= 15 is 0 Å². The van der Waals surface area contributed by atoms with Crippen LogP contribution in [0.3, 0.4) is 0 Å². The van der Waals surface area contributed by atoms with E-state index in [0.29, 0.717) is 12.2 Å². The maximum Gasteiger partial charge on any atom is 0.134 e. The van der Waals surface area contributed by atoms with Crippen LogP contribution >= 0.6 is 0 Å². The molecule has 15 heavy (non-hydrogen) atoms. The van der Waals surface area contributed by atoms with Crippen molar-refractivity contribution in [2.24, 2.45) is 0 Å². The first-order valence-corrected chi connectivity index (χ1v) is 4.75. The average molecular weight is 206 g/mol. The predicted octanol–water partition coefficient (Wildman–Crippen LogP) is 2.62. The zero-order valence-electron chi connectivity index (χ0n) is 8.11. The molecule has 1 N–H and O–H groups in total. The number of rotatable bonds is 3. The third-order valence-electron chi connectivity index (χ3n) is 2.15. The summed E-state index contributed by atoms with van der Waals surface area (Å²) in [6.45, 7) is 0.0658. The van der Waals surface area contributed by atoms with Gasteiger partial charge in [-0.15, -0.1) is 0 Å². The van der Waals surface area contributed by atoms with Crippen LogP contribution in [0.25, 0.3) is 11.3 Å². The van der Waals surface area contributed by atoms with Crippen molar-refractivity contribution in [3.05, 3.63) is 48.0 Å². The molecule has 1 heterocycles. The van der Waals surface area contributed by atoms with Crippen LogP contribution in [0, 0.1) is 5.82 Å². The number of benzene rings is 1. The zero-order valence-corrected chi connectivity index (χ0v) is 8.11. The summed E-state index contributed by atoms with van der Waals surface area (Å²) < 4.78 is 18.1. The van der Waals surface area contributed by atoms with Crippen molar-refractivity contribution in [2.45, 2.75) is 6.42 Å². The normalized spacial score (nSPS) is 10.5. The summed E-state index contributed by atoms with van der Waals surface area (Å²) in [7, 11) is 0. The lowest BCUT2D eigenvalue weighted by atomic mass is 10.2. The maximum absolute atomic E-state index is 12.7. The van der Waals surface area contributed by atoms with Crippen LogP contribution in [0.5, 0.6) is 0 Å². The zero-order chi connectivity index (χ0) is 10.7. The van der Waals surface area contributed by atoms with Gasteiger partial charge in [-0.3, -0.25) is 0 Å². The molecule has 0 saturated heterocycles. The summed E-state index contributed by atoms with van der Waals surface area (Å²) in [6, 6.07) is 9.74. The number of furan rings is 1. The first kappa shape index (κ1) is 9.93. The van der Waals surface area contributed by atoms with Gasteiger partial charge in [-0.25, -0.2) is 4.39 Å². The molecule has 0 aliphatic heterocycles. The lowest BCUT2D eigenvalue weighted by Crippen LogP contribution is -1.86. The first-order chi connectivity index (χ1) is 7.29. The van der Waals surface area contributed by atoms with Gasteiger partial charge >= 0.3 is 0 Å². The van der Waals surface area contributed by atoms with Gasteiger partial charge in [0.05, 0.1) is 6.61 Å².